The van der Waals surface area contributed by atoms with Crippen LogP contribution in [0.4, 0.5) is 5.69 Å². The Bertz CT molecular complexity index is 628. The van der Waals surface area contributed by atoms with Gasteiger partial charge < -0.3 is 9.80 Å². The first-order valence-electron chi connectivity index (χ1n) is 8.82. The lowest BCUT2D eigenvalue weighted by atomic mass is 10.1. The molecule has 1 saturated carbocycles. The highest BCUT2D eigenvalue weighted by atomic mass is 35.5. The maximum absolute atomic E-state index is 13.0. The molecule has 3 rings (SSSR count). The molecule has 1 aromatic rings. The fraction of sp³-hybridized carbons (Fsp3) is 0.579. The molecule has 2 aliphatic rings. The minimum Gasteiger partial charge on any atom is -0.339 e. The summed E-state index contributed by atoms with van der Waals surface area (Å²) in [4.78, 5) is 29.1. The maximum atomic E-state index is 13.0. The maximum Gasteiger partial charge on any atom is 0.228 e. The van der Waals surface area contributed by atoms with Crippen molar-refractivity contribution in [3.05, 3.63) is 29.3 Å². The lowest BCUT2D eigenvalue weighted by Gasteiger charge is -2.26. The van der Waals surface area contributed by atoms with Gasteiger partial charge in [0.15, 0.2) is 0 Å². The molecule has 1 aliphatic carbocycles. The fourth-order valence-corrected chi connectivity index (χ4v) is 3.50. The second kappa shape index (κ2) is 7.14. The Morgan fingerprint density at radius 1 is 1.33 bits per heavy atom. The molecular weight excluding hydrogens is 324 g/mol. The molecule has 130 valence electrons. The summed E-state index contributed by atoms with van der Waals surface area (Å²) in [6, 6.07) is 7.71. The van der Waals surface area contributed by atoms with E-state index in [1.165, 1.54) is 0 Å². The van der Waals surface area contributed by atoms with E-state index in [1.54, 1.807) is 11.0 Å². The molecule has 2 amide bonds. The molecule has 1 atom stereocenters. The number of hydrogen-bond acceptors (Lipinski definition) is 2. The summed E-state index contributed by atoms with van der Waals surface area (Å²) < 4.78 is 0. The predicted molar refractivity (Wildman–Crippen MR) is 96.1 cm³/mol. The van der Waals surface area contributed by atoms with E-state index >= 15 is 0 Å². The van der Waals surface area contributed by atoms with Gasteiger partial charge in [-0.3, -0.25) is 9.59 Å². The largest absolute Gasteiger partial charge is 0.339 e. The molecule has 4 nitrogen and oxygen atoms in total. The average molecular weight is 349 g/mol. The van der Waals surface area contributed by atoms with E-state index in [0.717, 1.165) is 25.8 Å². The Balaban J connectivity index is 1.70. The third-order valence-electron chi connectivity index (χ3n) is 4.84. The van der Waals surface area contributed by atoms with Crippen LogP contribution in [0, 0.1) is 11.8 Å². The van der Waals surface area contributed by atoms with Crippen LogP contribution >= 0.6 is 11.6 Å². The van der Waals surface area contributed by atoms with E-state index in [0.29, 0.717) is 29.2 Å². The van der Waals surface area contributed by atoms with Crippen LogP contribution in [0.25, 0.3) is 0 Å². The fourth-order valence-electron chi connectivity index (χ4n) is 3.27. The molecule has 0 radical (unpaired) electrons. The van der Waals surface area contributed by atoms with Crippen molar-refractivity contribution < 1.29 is 9.59 Å². The second-order valence-corrected chi connectivity index (χ2v) is 7.71. The molecule has 5 heteroatoms. The Hall–Kier alpha value is -1.55. The van der Waals surface area contributed by atoms with Gasteiger partial charge >= 0.3 is 0 Å². The summed E-state index contributed by atoms with van der Waals surface area (Å²) in [5, 5.41) is 0.554. The van der Waals surface area contributed by atoms with Gasteiger partial charge in [0.05, 0.1) is 16.6 Å². The molecule has 1 heterocycles. The quantitative estimate of drug-likeness (QED) is 0.786. The highest BCUT2D eigenvalue weighted by Crippen LogP contribution is 2.34. The Kier molecular flexibility index (Phi) is 5.14. The number of carbonyl (C=O) groups excluding carboxylic acids is 2. The van der Waals surface area contributed by atoms with Gasteiger partial charge in [0.25, 0.3) is 0 Å². The summed E-state index contributed by atoms with van der Waals surface area (Å²) >= 11 is 6.22. The first kappa shape index (κ1) is 17.3. The zero-order valence-corrected chi connectivity index (χ0v) is 15.1. The predicted octanol–water partition coefficient (Wildman–Crippen LogP) is 3.73. The van der Waals surface area contributed by atoms with Crippen molar-refractivity contribution in [3.8, 4) is 0 Å². The van der Waals surface area contributed by atoms with Crippen molar-refractivity contribution in [3.63, 3.8) is 0 Å². The standard InChI is InChI=1S/C19H25ClN2O2/c1-13(2)9-10-21(15-7-8-15)19(24)14-11-18(23)22(12-14)17-6-4-3-5-16(17)20/h3-6,13-15H,7-12H2,1-2H3. The molecular formula is C19H25ClN2O2. The molecule has 0 N–H and O–H groups in total. The van der Waals surface area contributed by atoms with Crippen molar-refractivity contribution >= 4 is 29.1 Å². The van der Waals surface area contributed by atoms with Gasteiger partial charge in [0, 0.05) is 25.6 Å². The van der Waals surface area contributed by atoms with E-state index in [2.05, 4.69) is 13.8 Å². The zero-order valence-electron chi connectivity index (χ0n) is 14.4. The first-order valence-corrected chi connectivity index (χ1v) is 9.20. The summed E-state index contributed by atoms with van der Waals surface area (Å²) in [5.74, 6) is 0.451. The molecule has 1 aliphatic heterocycles. The Labute approximate surface area is 148 Å². The van der Waals surface area contributed by atoms with Gasteiger partial charge in [-0.05, 0) is 37.3 Å². The van der Waals surface area contributed by atoms with Gasteiger partial charge in [-0.15, -0.1) is 0 Å². The lowest BCUT2D eigenvalue weighted by Crippen LogP contribution is -2.40. The number of para-hydroxylation sites is 1. The zero-order chi connectivity index (χ0) is 17.3. The van der Waals surface area contributed by atoms with E-state index in [4.69, 9.17) is 11.6 Å². The topological polar surface area (TPSA) is 40.6 Å². The Morgan fingerprint density at radius 3 is 2.67 bits per heavy atom. The number of halogens is 1. The van der Waals surface area contributed by atoms with E-state index in [-0.39, 0.29) is 24.2 Å². The number of hydrogen-bond donors (Lipinski definition) is 0. The number of carbonyl (C=O) groups is 2. The minimum absolute atomic E-state index is 0.0129. The Morgan fingerprint density at radius 2 is 2.04 bits per heavy atom. The highest BCUT2D eigenvalue weighted by molar-refractivity contribution is 6.33. The molecule has 1 aromatic carbocycles. The molecule has 0 bridgehead atoms. The minimum atomic E-state index is -0.249. The van der Waals surface area contributed by atoms with Crippen LogP contribution in [-0.4, -0.2) is 35.8 Å². The van der Waals surface area contributed by atoms with Gasteiger partial charge in [-0.2, -0.15) is 0 Å². The molecule has 1 saturated heterocycles. The molecule has 1 unspecified atom stereocenters. The lowest BCUT2D eigenvalue weighted by molar-refractivity contribution is -0.136. The van der Waals surface area contributed by atoms with Crippen molar-refractivity contribution in [1.82, 2.24) is 4.90 Å². The normalized spacial score (nSPS) is 20.8. The van der Waals surface area contributed by atoms with E-state index in [1.807, 2.05) is 23.1 Å². The number of amides is 2. The second-order valence-electron chi connectivity index (χ2n) is 7.30. The van der Waals surface area contributed by atoms with Crippen molar-refractivity contribution in [1.29, 1.82) is 0 Å². The van der Waals surface area contributed by atoms with Crippen LogP contribution in [0.15, 0.2) is 24.3 Å². The molecule has 24 heavy (non-hydrogen) atoms. The number of rotatable bonds is 6. The smallest absolute Gasteiger partial charge is 0.228 e. The van der Waals surface area contributed by atoms with Gasteiger partial charge in [0.1, 0.15) is 0 Å². The van der Waals surface area contributed by atoms with Crippen LogP contribution in [0.5, 0.6) is 0 Å². The monoisotopic (exact) mass is 348 g/mol. The summed E-state index contributed by atoms with van der Waals surface area (Å²) in [5.41, 5.74) is 0.708. The van der Waals surface area contributed by atoms with Crippen molar-refractivity contribution in [2.75, 3.05) is 18.0 Å². The van der Waals surface area contributed by atoms with Crippen LogP contribution in [0.1, 0.15) is 39.5 Å². The number of nitrogens with zero attached hydrogens (tertiary/aromatic N) is 2. The SMILES string of the molecule is CC(C)CCN(C(=O)C1CC(=O)N(c2ccccc2Cl)C1)C1CC1. The average Bonchev–Trinajstić information content (AvgIpc) is 3.30. The number of anilines is 1. The highest BCUT2D eigenvalue weighted by Gasteiger charge is 2.41. The summed E-state index contributed by atoms with van der Waals surface area (Å²) in [7, 11) is 0. The summed E-state index contributed by atoms with van der Waals surface area (Å²) in [6.45, 7) is 5.59. The number of benzene rings is 1. The molecule has 0 spiro atoms. The van der Waals surface area contributed by atoms with E-state index in [9.17, 15) is 9.59 Å². The van der Waals surface area contributed by atoms with Gasteiger partial charge in [-0.1, -0.05) is 37.6 Å². The first-order chi connectivity index (χ1) is 11.5. The van der Waals surface area contributed by atoms with Crippen LogP contribution < -0.4 is 4.90 Å². The van der Waals surface area contributed by atoms with Crippen LogP contribution in [-0.2, 0) is 9.59 Å². The summed E-state index contributed by atoms with van der Waals surface area (Å²) in [6.07, 6.45) is 3.49. The van der Waals surface area contributed by atoms with Crippen molar-refractivity contribution in [2.45, 2.75) is 45.6 Å². The van der Waals surface area contributed by atoms with Crippen molar-refractivity contribution in [2.24, 2.45) is 11.8 Å². The van der Waals surface area contributed by atoms with Gasteiger partial charge in [-0.25, -0.2) is 0 Å². The molecule has 2 fully saturated rings. The van der Waals surface area contributed by atoms with Crippen LogP contribution in [0.3, 0.4) is 0 Å². The third-order valence-corrected chi connectivity index (χ3v) is 5.16. The van der Waals surface area contributed by atoms with Crippen LogP contribution in [0.2, 0.25) is 5.02 Å². The van der Waals surface area contributed by atoms with E-state index < -0.39 is 0 Å². The van der Waals surface area contributed by atoms with Gasteiger partial charge in [0.2, 0.25) is 11.8 Å². The third kappa shape index (κ3) is 3.75. The molecule has 0 aromatic heterocycles.